The number of piperidine rings is 1. The summed E-state index contributed by atoms with van der Waals surface area (Å²) >= 11 is 0. The number of nitriles is 1. The zero-order chi connectivity index (χ0) is 20.2. The van der Waals surface area contributed by atoms with Crippen molar-refractivity contribution in [2.75, 3.05) is 0 Å². The number of amides is 1. The Labute approximate surface area is 171 Å². The highest BCUT2D eigenvalue weighted by Gasteiger charge is 2.65. The Bertz CT molecular complexity index is 816. The van der Waals surface area contributed by atoms with Crippen molar-refractivity contribution in [1.82, 2.24) is 4.90 Å². The van der Waals surface area contributed by atoms with Crippen LogP contribution in [0.5, 0.6) is 0 Å². The highest BCUT2D eigenvalue weighted by Crippen LogP contribution is 2.64. The fraction of sp³-hybridized carbons (Fsp3) is 0.864. The van der Waals surface area contributed by atoms with E-state index in [4.69, 9.17) is 16.2 Å². The van der Waals surface area contributed by atoms with E-state index in [1.54, 1.807) is 4.90 Å². The molecule has 0 spiro atoms. The Hall–Kier alpha value is -1.65. The molecule has 156 valence electrons. The van der Waals surface area contributed by atoms with Gasteiger partial charge < -0.3 is 21.1 Å². The third-order valence-electron chi connectivity index (χ3n) is 8.99. The molecule has 1 heterocycles. The first-order valence-corrected chi connectivity index (χ1v) is 11.3. The number of esters is 1. The first kappa shape index (κ1) is 18.1. The van der Waals surface area contributed by atoms with Crippen LogP contribution in [0.25, 0.3) is 0 Å². The summed E-state index contributed by atoms with van der Waals surface area (Å²) in [6.07, 6.45) is 8.63. The van der Waals surface area contributed by atoms with Crippen LogP contribution >= 0.6 is 0 Å². The van der Waals surface area contributed by atoms with Crippen molar-refractivity contribution in [2.24, 2.45) is 34.6 Å². The fourth-order valence-corrected chi connectivity index (χ4v) is 7.68. The lowest BCUT2D eigenvalue weighted by Gasteiger charge is -2.62. The summed E-state index contributed by atoms with van der Waals surface area (Å²) in [5.41, 5.74) is 11.2. The molecule has 0 radical (unpaired) electrons. The van der Waals surface area contributed by atoms with Crippen molar-refractivity contribution in [3.63, 3.8) is 0 Å². The molecule has 5 unspecified atom stereocenters. The molecule has 7 heteroatoms. The van der Waals surface area contributed by atoms with E-state index < -0.39 is 17.2 Å². The van der Waals surface area contributed by atoms with E-state index in [-0.39, 0.29) is 29.4 Å². The van der Waals surface area contributed by atoms with Crippen molar-refractivity contribution < 1.29 is 14.3 Å². The minimum atomic E-state index is -0.787. The lowest BCUT2D eigenvalue weighted by atomic mass is 9.46. The lowest BCUT2D eigenvalue weighted by Crippen LogP contribution is -2.66. The van der Waals surface area contributed by atoms with Gasteiger partial charge in [-0.05, 0) is 87.4 Å². The average molecular weight is 399 g/mol. The molecule has 6 aliphatic carbocycles. The van der Waals surface area contributed by atoms with E-state index in [0.29, 0.717) is 37.0 Å². The molecular formula is C22H30N4O3. The second-order valence-electron chi connectivity index (χ2n) is 11.2. The number of carbonyl (C=O) groups is 2. The topological polar surface area (TPSA) is 122 Å². The Balaban J connectivity index is 1.27. The molecule has 7 rings (SSSR count). The van der Waals surface area contributed by atoms with Gasteiger partial charge in [-0.2, -0.15) is 5.26 Å². The van der Waals surface area contributed by atoms with Crippen molar-refractivity contribution in [3.8, 4) is 6.07 Å². The Morgan fingerprint density at radius 3 is 2.41 bits per heavy atom. The van der Waals surface area contributed by atoms with E-state index in [1.807, 2.05) is 0 Å². The number of fused-ring (bicyclic) bond motifs is 1. The van der Waals surface area contributed by atoms with Gasteiger partial charge in [0.15, 0.2) is 0 Å². The molecule has 0 aromatic rings. The third kappa shape index (κ3) is 2.55. The van der Waals surface area contributed by atoms with Gasteiger partial charge in [-0.1, -0.05) is 0 Å². The molecule has 0 aromatic heterocycles. The first-order valence-electron chi connectivity index (χ1n) is 11.3. The van der Waals surface area contributed by atoms with Crippen LogP contribution in [0, 0.1) is 34.5 Å². The number of carbonyl (C=O) groups excluding carboxylic acids is 2. The smallest absolute Gasteiger partial charge is 0.326 e. The van der Waals surface area contributed by atoms with Gasteiger partial charge in [-0.3, -0.25) is 9.59 Å². The zero-order valence-electron chi connectivity index (χ0n) is 16.8. The van der Waals surface area contributed by atoms with Gasteiger partial charge in [-0.15, -0.1) is 0 Å². The number of rotatable bonds is 4. The molecule has 6 saturated carbocycles. The van der Waals surface area contributed by atoms with Gasteiger partial charge in [0.1, 0.15) is 17.2 Å². The number of ether oxygens (including phenoxy) is 1. The normalized spacial score (nSPS) is 48.6. The van der Waals surface area contributed by atoms with Gasteiger partial charge in [0.05, 0.1) is 12.1 Å². The molecule has 1 saturated heterocycles. The standard InChI is InChI=1S/C22H30N4O3/c23-10-15-4-14-5-16(14)26(15)18(27)17(24)20-6-12-3-13(7-20)9-21(8-12,11-20)29-19(28)22(25)1-2-22/h12-17H,1-9,11,24-25H2/t12-,13?,14?,15-,16?,17+,20?,21?/m0/s1. The Morgan fingerprint density at radius 1 is 1.10 bits per heavy atom. The summed E-state index contributed by atoms with van der Waals surface area (Å²) in [5.74, 6) is 1.07. The lowest BCUT2D eigenvalue weighted by molar-refractivity contribution is -0.207. The van der Waals surface area contributed by atoms with Gasteiger partial charge in [0, 0.05) is 6.04 Å². The predicted molar refractivity (Wildman–Crippen MR) is 103 cm³/mol. The highest BCUT2D eigenvalue weighted by molar-refractivity contribution is 5.85. The summed E-state index contributed by atoms with van der Waals surface area (Å²) in [7, 11) is 0. The molecule has 1 amide bonds. The maximum atomic E-state index is 13.5. The van der Waals surface area contributed by atoms with Crippen LogP contribution in [0.4, 0.5) is 0 Å². The maximum absolute atomic E-state index is 13.5. The number of nitrogens with two attached hydrogens (primary N) is 2. The minimum absolute atomic E-state index is 0.0533. The van der Waals surface area contributed by atoms with Crippen LogP contribution in [0.15, 0.2) is 0 Å². The number of nitrogens with zero attached hydrogens (tertiary/aromatic N) is 2. The SMILES string of the molecule is N#C[C@@H]1CC2CC2N1C(=O)[C@@H](N)C12CC3C[C@H](CC(OC(=O)C4(N)CC4)(C3)C1)C2. The van der Waals surface area contributed by atoms with E-state index >= 15 is 0 Å². The van der Waals surface area contributed by atoms with Crippen molar-refractivity contribution >= 4 is 11.9 Å². The summed E-state index contributed by atoms with van der Waals surface area (Å²) in [6.45, 7) is 0. The van der Waals surface area contributed by atoms with E-state index in [1.165, 1.54) is 0 Å². The van der Waals surface area contributed by atoms with E-state index in [0.717, 1.165) is 44.9 Å². The molecule has 1 aliphatic heterocycles. The van der Waals surface area contributed by atoms with Crippen LogP contribution in [0.2, 0.25) is 0 Å². The second kappa shape index (κ2) is 5.53. The van der Waals surface area contributed by atoms with Gasteiger partial charge >= 0.3 is 5.97 Å². The number of hydrogen-bond acceptors (Lipinski definition) is 6. The molecule has 29 heavy (non-hydrogen) atoms. The van der Waals surface area contributed by atoms with Crippen LogP contribution in [-0.4, -0.2) is 46.0 Å². The van der Waals surface area contributed by atoms with Crippen molar-refractivity contribution in [3.05, 3.63) is 0 Å². The molecule has 7 fully saturated rings. The number of hydrogen-bond donors (Lipinski definition) is 2. The molecule has 4 N–H and O–H groups in total. The average Bonchev–Trinajstić information content (AvgIpc) is 3.57. The first-order chi connectivity index (χ1) is 13.8. The highest BCUT2D eigenvalue weighted by atomic mass is 16.6. The van der Waals surface area contributed by atoms with Crippen LogP contribution in [0.1, 0.15) is 64.2 Å². The fourth-order valence-electron chi connectivity index (χ4n) is 7.68. The Morgan fingerprint density at radius 2 is 1.79 bits per heavy atom. The molecule has 4 bridgehead atoms. The molecule has 8 atom stereocenters. The molecule has 0 aromatic carbocycles. The summed E-state index contributed by atoms with van der Waals surface area (Å²) < 4.78 is 6.13. The van der Waals surface area contributed by atoms with Crippen LogP contribution in [-0.2, 0) is 14.3 Å². The summed E-state index contributed by atoms with van der Waals surface area (Å²) in [6, 6.07) is 1.58. The molecule has 7 nitrogen and oxygen atoms in total. The van der Waals surface area contributed by atoms with Gasteiger partial charge in [0.25, 0.3) is 0 Å². The van der Waals surface area contributed by atoms with Gasteiger partial charge in [0.2, 0.25) is 5.91 Å². The third-order valence-corrected chi connectivity index (χ3v) is 8.99. The zero-order valence-corrected chi connectivity index (χ0v) is 16.8. The molecular weight excluding hydrogens is 368 g/mol. The van der Waals surface area contributed by atoms with Crippen LogP contribution in [0.3, 0.4) is 0 Å². The Kier molecular flexibility index (Phi) is 3.46. The minimum Gasteiger partial charge on any atom is -0.458 e. The van der Waals surface area contributed by atoms with E-state index in [2.05, 4.69) is 6.07 Å². The molecule has 7 aliphatic rings. The van der Waals surface area contributed by atoms with Crippen LogP contribution < -0.4 is 11.5 Å². The monoisotopic (exact) mass is 398 g/mol. The van der Waals surface area contributed by atoms with Gasteiger partial charge in [-0.25, -0.2) is 0 Å². The number of likely N-dealkylation sites (tertiary alicyclic amines) is 1. The quantitative estimate of drug-likeness (QED) is 0.686. The summed E-state index contributed by atoms with van der Waals surface area (Å²) in [4.78, 5) is 28.0. The van der Waals surface area contributed by atoms with Crippen molar-refractivity contribution in [2.45, 2.75) is 93.5 Å². The second-order valence-corrected chi connectivity index (χ2v) is 11.2. The van der Waals surface area contributed by atoms with Crippen molar-refractivity contribution in [1.29, 1.82) is 5.26 Å². The predicted octanol–water partition coefficient (Wildman–Crippen LogP) is 1.20. The largest absolute Gasteiger partial charge is 0.458 e. The van der Waals surface area contributed by atoms with E-state index in [9.17, 15) is 14.9 Å². The summed E-state index contributed by atoms with van der Waals surface area (Å²) in [5, 5.41) is 9.51. The maximum Gasteiger partial charge on any atom is 0.326 e.